The van der Waals surface area contributed by atoms with Crippen molar-refractivity contribution in [3.63, 3.8) is 0 Å². The number of aromatic nitrogens is 5. The lowest BCUT2D eigenvalue weighted by Crippen LogP contribution is -2.29. The molecule has 7 nitrogen and oxygen atoms in total. The second kappa shape index (κ2) is 7.20. The topological polar surface area (TPSA) is 88.7 Å². The number of nitrogens with zero attached hydrogens (tertiary/aromatic N) is 5. The fourth-order valence-corrected chi connectivity index (χ4v) is 4.75. The van der Waals surface area contributed by atoms with Crippen molar-refractivity contribution in [2.75, 3.05) is 18.8 Å². The molecule has 5 heterocycles. The molecule has 0 amide bonds. The van der Waals surface area contributed by atoms with Gasteiger partial charge in [-0.1, -0.05) is 0 Å². The number of imidazole rings is 1. The summed E-state index contributed by atoms with van der Waals surface area (Å²) in [7, 11) is 0. The second-order valence-electron chi connectivity index (χ2n) is 8.51. The Morgan fingerprint density at radius 1 is 1.06 bits per heavy atom. The fourth-order valence-electron chi connectivity index (χ4n) is 4.75. The predicted molar refractivity (Wildman–Crippen MR) is 105 cm³/mol. The first kappa shape index (κ1) is 21.7. The maximum atomic E-state index is 13.2. The van der Waals surface area contributed by atoms with Crippen LogP contribution in [0.4, 0.5) is 32.2 Å². The Bertz CT molecular complexity index is 1190. The average molecular weight is 471 g/mol. The van der Waals surface area contributed by atoms with Gasteiger partial charge in [-0.3, -0.25) is 9.58 Å². The van der Waals surface area contributed by atoms with Crippen LogP contribution < -0.4 is 5.73 Å². The van der Waals surface area contributed by atoms with Crippen LogP contribution in [-0.4, -0.2) is 42.7 Å². The molecular formula is C20H19F6N7. The number of nitrogen functional groups attached to an aromatic ring is 1. The molecule has 1 saturated heterocycles. The molecule has 33 heavy (non-hydrogen) atoms. The largest absolute Gasteiger partial charge is 0.434 e. The van der Waals surface area contributed by atoms with Gasteiger partial charge in [-0.05, 0) is 31.5 Å². The molecule has 0 saturated carbocycles. The van der Waals surface area contributed by atoms with E-state index in [4.69, 9.17) is 5.73 Å². The molecule has 5 rings (SSSR count). The molecule has 3 aromatic heterocycles. The number of hydrogen-bond donors (Lipinski definition) is 2. The number of aryl methyl sites for hydroxylation is 1. The molecule has 13 heteroatoms. The lowest BCUT2D eigenvalue weighted by atomic mass is 9.82. The highest BCUT2D eigenvalue weighted by atomic mass is 19.4. The summed E-state index contributed by atoms with van der Waals surface area (Å²) >= 11 is 0. The minimum absolute atomic E-state index is 0.221. The summed E-state index contributed by atoms with van der Waals surface area (Å²) in [5.74, 6) is -0.355. The second-order valence-corrected chi connectivity index (χ2v) is 8.51. The molecule has 0 radical (unpaired) electrons. The van der Waals surface area contributed by atoms with Crippen LogP contribution in [0.25, 0.3) is 11.3 Å². The highest BCUT2D eigenvalue weighted by Crippen LogP contribution is 2.44. The van der Waals surface area contributed by atoms with Gasteiger partial charge in [0.05, 0.1) is 17.8 Å². The molecule has 3 aromatic rings. The van der Waals surface area contributed by atoms with E-state index in [2.05, 4.69) is 20.1 Å². The minimum atomic E-state index is -4.62. The number of rotatable bonds is 3. The van der Waals surface area contributed by atoms with Crippen molar-refractivity contribution >= 4 is 5.82 Å². The molecule has 2 aliphatic rings. The summed E-state index contributed by atoms with van der Waals surface area (Å²) in [6.45, 7) is 2.10. The zero-order valence-corrected chi connectivity index (χ0v) is 17.1. The van der Waals surface area contributed by atoms with Crippen molar-refractivity contribution in [1.82, 2.24) is 29.6 Å². The Balaban J connectivity index is 1.36. The molecule has 0 aromatic carbocycles. The zero-order valence-electron chi connectivity index (χ0n) is 17.1. The van der Waals surface area contributed by atoms with Crippen LogP contribution in [0.3, 0.4) is 0 Å². The molecule has 1 atom stereocenters. The Morgan fingerprint density at radius 2 is 1.82 bits per heavy atom. The number of H-pyrrole nitrogens is 1. The van der Waals surface area contributed by atoms with E-state index in [-0.39, 0.29) is 23.3 Å². The van der Waals surface area contributed by atoms with E-state index in [0.717, 1.165) is 30.8 Å². The quantitative estimate of drug-likeness (QED) is 0.567. The van der Waals surface area contributed by atoms with E-state index < -0.39 is 29.4 Å². The first-order chi connectivity index (χ1) is 15.4. The molecule has 1 fully saturated rings. The van der Waals surface area contributed by atoms with E-state index in [1.54, 1.807) is 10.7 Å². The summed E-state index contributed by atoms with van der Waals surface area (Å²) < 4.78 is 79.8. The van der Waals surface area contributed by atoms with Crippen molar-refractivity contribution in [1.29, 1.82) is 0 Å². The van der Waals surface area contributed by atoms with Crippen LogP contribution >= 0.6 is 0 Å². The first-order valence-electron chi connectivity index (χ1n) is 10.2. The molecule has 0 bridgehead atoms. The Hall–Kier alpha value is -3.09. The number of likely N-dealkylation sites (tertiary alicyclic amines) is 1. The summed E-state index contributed by atoms with van der Waals surface area (Å²) in [4.78, 5) is 11.9. The van der Waals surface area contributed by atoms with Gasteiger partial charge in [-0.2, -0.15) is 31.4 Å². The zero-order chi connectivity index (χ0) is 23.6. The van der Waals surface area contributed by atoms with Crippen LogP contribution in [0.15, 0.2) is 24.5 Å². The Morgan fingerprint density at radius 3 is 2.52 bits per heavy atom. The van der Waals surface area contributed by atoms with Crippen LogP contribution in [0.2, 0.25) is 0 Å². The first-order valence-corrected chi connectivity index (χ1v) is 10.2. The van der Waals surface area contributed by atoms with Gasteiger partial charge in [-0.15, -0.1) is 0 Å². The number of aromatic amines is 1. The van der Waals surface area contributed by atoms with Crippen LogP contribution in [0.5, 0.6) is 0 Å². The number of hydrogen-bond acceptors (Lipinski definition) is 5. The molecule has 1 spiro atoms. The van der Waals surface area contributed by atoms with E-state index in [1.165, 1.54) is 6.20 Å². The van der Waals surface area contributed by atoms with Gasteiger partial charge in [0.25, 0.3) is 0 Å². The van der Waals surface area contributed by atoms with E-state index in [9.17, 15) is 26.3 Å². The SMILES string of the molecule is Nc1ncc(-c2cc3n(n2)CC[C@@]32CCN(Cc3nc(C(F)(F)F)c[nH]3)C2)cc1C(F)(F)F. The summed E-state index contributed by atoms with van der Waals surface area (Å²) in [5.41, 5.74) is 4.67. The summed E-state index contributed by atoms with van der Waals surface area (Å²) in [5, 5.41) is 4.48. The van der Waals surface area contributed by atoms with Gasteiger partial charge in [0.2, 0.25) is 0 Å². The number of nitrogens with two attached hydrogens (primary N) is 1. The average Bonchev–Trinajstić information content (AvgIpc) is 3.48. The lowest BCUT2D eigenvalue weighted by Gasteiger charge is -2.23. The van der Waals surface area contributed by atoms with Crippen molar-refractivity contribution in [3.8, 4) is 11.3 Å². The van der Waals surface area contributed by atoms with Gasteiger partial charge in [0.15, 0.2) is 5.69 Å². The van der Waals surface area contributed by atoms with Crippen molar-refractivity contribution in [2.45, 2.75) is 43.7 Å². The maximum absolute atomic E-state index is 13.2. The van der Waals surface area contributed by atoms with Crippen LogP contribution in [0.1, 0.15) is 35.6 Å². The Kier molecular flexibility index (Phi) is 4.75. The van der Waals surface area contributed by atoms with Crippen LogP contribution in [0, 0.1) is 0 Å². The third-order valence-corrected chi connectivity index (χ3v) is 6.37. The number of nitrogens with one attached hydrogen (secondary N) is 1. The van der Waals surface area contributed by atoms with Crippen molar-refractivity contribution < 1.29 is 26.3 Å². The van der Waals surface area contributed by atoms with Gasteiger partial charge in [0, 0.05) is 42.2 Å². The number of halogens is 6. The van der Waals surface area contributed by atoms with Crippen molar-refractivity contribution in [2.24, 2.45) is 0 Å². The maximum Gasteiger partial charge on any atom is 0.434 e. The smallest absolute Gasteiger partial charge is 0.383 e. The third-order valence-electron chi connectivity index (χ3n) is 6.37. The Labute approximate surface area is 183 Å². The number of alkyl halides is 6. The standard InChI is InChI=1S/C20H19F6N7/c21-19(22,23)12-5-11(7-29-17(12)27)13-6-15-18(2-4-33(15)31-13)1-3-32(10-18)9-16-28-8-14(30-16)20(24,25)26/h5-8H,1-4,9-10H2,(H2,27,29)(H,28,30)/t18-/m1/s1. The highest BCUT2D eigenvalue weighted by Gasteiger charge is 2.46. The summed E-state index contributed by atoms with van der Waals surface area (Å²) in [6.07, 6.45) is -5.44. The van der Waals surface area contributed by atoms with Crippen molar-refractivity contribution in [3.05, 3.63) is 47.3 Å². The molecule has 3 N–H and O–H groups in total. The molecule has 2 aliphatic heterocycles. The molecule has 0 unspecified atom stereocenters. The number of fused-ring (bicyclic) bond motifs is 2. The van der Waals surface area contributed by atoms with E-state index >= 15 is 0 Å². The van der Waals surface area contributed by atoms with Gasteiger partial charge in [-0.25, -0.2) is 9.97 Å². The van der Waals surface area contributed by atoms with E-state index in [1.807, 2.05) is 4.90 Å². The van der Waals surface area contributed by atoms with E-state index in [0.29, 0.717) is 25.3 Å². The molecule has 176 valence electrons. The van der Waals surface area contributed by atoms with Gasteiger partial charge in [0.1, 0.15) is 11.6 Å². The monoisotopic (exact) mass is 471 g/mol. The number of anilines is 1. The van der Waals surface area contributed by atoms with Gasteiger partial charge < -0.3 is 10.7 Å². The van der Waals surface area contributed by atoms with Gasteiger partial charge >= 0.3 is 12.4 Å². The lowest BCUT2D eigenvalue weighted by molar-refractivity contribution is -0.141. The molecule has 0 aliphatic carbocycles. The third kappa shape index (κ3) is 3.83. The normalized spacial score (nSPS) is 21.3. The highest BCUT2D eigenvalue weighted by molar-refractivity contribution is 5.63. The summed E-state index contributed by atoms with van der Waals surface area (Å²) in [6, 6.07) is 2.72. The minimum Gasteiger partial charge on any atom is -0.383 e. The molecular weight excluding hydrogens is 452 g/mol. The fraction of sp³-hybridized carbons (Fsp3) is 0.450. The van der Waals surface area contributed by atoms with Crippen LogP contribution in [-0.2, 0) is 30.9 Å². The predicted octanol–water partition coefficient (Wildman–Crippen LogP) is 3.84. The number of pyridine rings is 1.